The van der Waals surface area contributed by atoms with Crippen molar-refractivity contribution in [2.45, 2.75) is 25.5 Å². The summed E-state index contributed by atoms with van der Waals surface area (Å²) in [6.07, 6.45) is 1.17. The number of hydrogen-bond acceptors (Lipinski definition) is 4. The molecular formula is C13H18ClN3O2. The highest BCUT2D eigenvalue weighted by atomic mass is 35.5. The van der Waals surface area contributed by atoms with Gasteiger partial charge in [0, 0.05) is 19.2 Å². The Kier molecular flexibility index (Phi) is 4.17. The molecule has 2 atom stereocenters. The lowest BCUT2D eigenvalue weighted by atomic mass is 10.1. The number of nitrogens with zero attached hydrogens (tertiary/aromatic N) is 2. The molecule has 5 nitrogen and oxygen atoms in total. The van der Waals surface area contributed by atoms with Crippen molar-refractivity contribution in [1.82, 2.24) is 0 Å². The molecule has 0 bridgehead atoms. The first kappa shape index (κ1) is 14.0. The van der Waals surface area contributed by atoms with Gasteiger partial charge in [0.05, 0.1) is 22.9 Å². The third-order valence-corrected chi connectivity index (χ3v) is 3.87. The Hall–Kier alpha value is -1.46. The molecule has 0 saturated carbocycles. The molecule has 1 heterocycles. The van der Waals surface area contributed by atoms with Crippen LogP contribution in [0.5, 0.6) is 0 Å². The largest absolute Gasteiger partial charge is 0.409 e. The van der Waals surface area contributed by atoms with Gasteiger partial charge in [-0.05, 0) is 31.5 Å². The average Bonchev–Trinajstić information content (AvgIpc) is 2.83. The number of nitrogens with two attached hydrogens (primary N) is 1. The lowest BCUT2D eigenvalue weighted by Crippen LogP contribution is -2.36. The summed E-state index contributed by atoms with van der Waals surface area (Å²) >= 11 is 6.28. The SMILES string of the molecule is CC1OCCC1N(C)c1ccc(/C(N)=N/O)cc1Cl. The summed E-state index contributed by atoms with van der Waals surface area (Å²) < 4.78 is 5.57. The van der Waals surface area contributed by atoms with Gasteiger partial charge in [0.2, 0.25) is 0 Å². The third-order valence-electron chi connectivity index (χ3n) is 3.56. The van der Waals surface area contributed by atoms with Crippen LogP contribution in [0.1, 0.15) is 18.9 Å². The number of likely N-dealkylation sites (N-methyl/N-ethyl adjacent to an activating group) is 1. The Labute approximate surface area is 117 Å². The number of rotatable bonds is 3. The van der Waals surface area contributed by atoms with Gasteiger partial charge in [-0.15, -0.1) is 0 Å². The Morgan fingerprint density at radius 3 is 2.84 bits per heavy atom. The fraction of sp³-hybridized carbons (Fsp3) is 0.462. The lowest BCUT2D eigenvalue weighted by molar-refractivity contribution is 0.118. The second-order valence-corrected chi connectivity index (χ2v) is 5.10. The molecule has 0 amide bonds. The predicted molar refractivity (Wildman–Crippen MR) is 76.2 cm³/mol. The van der Waals surface area contributed by atoms with E-state index >= 15 is 0 Å². The van der Waals surface area contributed by atoms with E-state index in [1.54, 1.807) is 12.1 Å². The van der Waals surface area contributed by atoms with Gasteiger partial charge in [-0.2, -0.15) is 0 Å². The van der Waals surface area contributed by atoms with Gasteiger partial charge in [-0.1, -0.05) is 16.8 Å². The molecule has 1 aliphatic heterocycles. The maximum absolute atomic E-state index is 8.66. The van der Waals surface area contributed by atoms with Crippen molar-refractivity contribution < 1.29 is 9.94 Å². The zero-order valence-corrected chi connectivity index (χ0v) is 11.8. The molecule has 1 saturated heterocycles. The van der Waals surface area contributed by atoms with Crippen molar-refractivity contribution in [2.75, 3.05) is 18.6 Å². The van der Waals surface area contributed by atoms with Crippen LogP contribution in [0, 0.1) is 0 Å². The number of ether oxygens (including phenoxy) is 1. The number of anilines is 1. The first-order valence-electron chi connectivity index (χ1n) is 6.16. The Balaban J connectivity index is 2.25. The molecule has 0 spiro atoms. The minimum absolute atomic E-state index is 0.0497. The first-order chi connectivity index (χ1) is 9.04. The zero-order valence-electron chi connectivity index (χ0n) is 11.0. The fourth-order valence-corrected chi connectivity index (χ4v) is 2.73. The highest BCUT2D eigenvalue weighted by molar-refractivity contribution is 6.33. The molecule has 1 aliphatic rings. The van der Waals surface area contributed by atoms with Crippen LogP contribution in [0.3, 0.4) is 0 Å². The van der Waals surface area contributed by atoms with E-state index in [9.17, 15) is 0 Å². The maximum Gasteiger partial charge on any atom is 0.170 e. The smallest absolute Gasteiger partial charge is 0.170 e. The van der Waals surface area contributed by atoms with Gasteiger partial charge in [0.25, 0.3) is 0 Å². The van der Waals surface area contributed by atoms with E-state index < -0.39 is 0 Å². The molecule has 3 N–H and O–H groups in total. The summed E-state index contributed by atoms with van der Waals surface area (Å²) in [4.78, 5) is 2.12. The van der Waals surface area contributed by atoms with E-state index in [4.69, 9.17) is 27.3 Å². The monoisotopic (exact) mass is 283 g/mol. The molecule has 1 fully saturated rings. The second-order valence-electron chi connectivity index (χ2n) is 4.69. The number of oxime groups is 1. The van der Waals surface area contributed by atoms with Crippen LogP contribution in [0.15, 0.2) is 23.4 Å². The molecule has 1 aromatic carbocycles. The number of benzene rings is 1. The topological polar surface area (TPSA) is 71.1 Å². The van der Waals surface area contributed by atoms with E-state index in [-0.39, 0.29) is 11.9 Å². The molecule has 1 aromatic rings. The summed E-state index contributed by atoms with van der Waals surface area (Å²) in [6, 6.07) is 5.67. The van der Waals surface area contributed by atoms with Crippen LogP contribution >= 0.6 is 11.6 Å². The molecule has 0 radical (unpaired) electrons. The van der Waals surface area contributed by atoms with Crippen molar-refractivity contribution in [3.63, 3.8) is 0 Å². The van der Waals surface area contributed by atoms with Gasteiger partial charge < -0.3 is 20.6 Å². The molecule has 19 heavy (non-hydrogen) atoms. The summed E-state index contributed by atoms with van der Waals surface area (Å²) in [5.41, 5.74) is 7.05. The van der Waals surface area contributed by atoms with Gasteiger partial charge >= 0.3 is 0 Å². The normalized spacial score (nSPS) is 23.6. The van der Waals surface area contributed by atoms with E-state index in [1.165, 1.54) is 0 Å². The van der Waals surface area contributed by atoms with Gasteiger partial charge in [-0.25, -0.2) is 0 Å². The lowest BCUT2D eigenvalue weighted by Gasteiger charge is -2.29. The van der Waals surface area contributed by atoms with Crippen LogP contribution < -0.4 is 10.6 Å². The summed E-state index contributed by atoms with van der Waals surface area (Å²) in [6.45, 7) is 2.84. The highest BCUT2D eigenvalue weighted by Crippen LogP contribution is 2.31. The van der Waals surface area contributed by atoms with Crippen molar-refractivity contribution in [3.05, 3.63) is 28.8 Å². The van der Waals surface area contributed by atoms with Gasteiger partial charge in [0.15, 0.2) is 5.84 Å². The predicted octanol–water partition coefficient (Wildman–Crippen LogP) is 2.05. The maximum atomic E-state index is 8.66. The Bertz CT molecular complexity index is 493. The molecule has 2 rings (SSSR count). The van der Waals surface area contributed by atoms with Gasteiger partial charge in [0.1, 0.15) is 0 Å². The highest BCUT2D eigenvalue weighted by Gasteiger charge is 2.28. The number of amidine groups is 1. The molecule has 6 heteroatoms. The molecule has 2 unspecified atom stereocenters. The molecule has 0 aliphatic carbocycles. The summed E-state index contributed by atoms with van der Waals surface area (Å²) in [7, 11) is 2.00. The Morgan fingerprint density at radius 1 is 1.58 bits per heavy atom. The van der Waals surface area contributed by atoms with Crippen LogP contribution in [0.2, 0.25) is 5.02 Å². The number of halogens is 1. The van der Waals surface area contributed by atoms with E-state index in [2.05, 4.69) is 17.0 Å². The van der Waals surface area contributed by atoms with Crippen LogP contribution in [-0.2, 0) is 4.74 Å². The second kappa shape index (κ2) is 5.67. The van der Waals surface area contributed by atoms with Crippen LogP contribution in [0.4, 0.5) is 5.69 Å². The molecular weight excluding hydrogens is 266 g/mol. The summed E-state index contributed by atoms with van der Waals surface area (Å²) in [5.74, 6) is 0.0497. The minimum Gasteiger partial charge on any atom is -0.409 e. The molecule has 104 valence electrons. The third kappa shape index (κ3) is 2.77. The molecule has 0 aromatic heterocycles. The average molecular weight is 284 g/mol. The Morgan fingerprint density at radius 2 is 2.32 bits per heavy atom. The van der Waals surface area contributed by atoms with Crippen molar-refractivity contribution >= 4 is 23.1 Å². The van der Waals surface area contributed by atoms with Crippen molar-refractivity contribution in [2.24, 2.45) is 10.9 Å². The van der Waals surface area contributed by atoms with Crippen molar-refractivity contribution in [1.29, 1.82) is 0 Å². The summed E-state index contributed by atoms with van der Waals surface area (Å²) in [5, 5.41) is 12.2. The standard InChI is InChI=1S/C13H18ClN3O2/c1-8-11(5-6-19-8)17(2)12-4-3-9(7-10(12)14)13(15)16-18/h3-4,7-8,11,18H,5-6H2,1-2H3,(H2,15,16). The fourth-order valence-electron chi connectivity index (χ4n) is 2.42. The van der Waals surface area contributed by atoms with Gasteiger partial charge in [-0.3, -0.25) is 0 Å². The minimum atomic E-state index is 0.0497. The van der Waals surface area contributed by atoms with E-state index in [1.807, 2.05) is 13.1 Å². The van der Waals surface area contributed by atoms with E-state index in [0.717, 1.165) is 18.7 Å². The zero-order chi connectivity index (χ0) is 14.0. The van der Waals surface area contributed by atoms with Crippen LogP contribution in [0.25, 0.3) is 0 Å². The quantitative estimate of drug-likeness (QED) is 0.385. The van der Waals surface area contributed by atoms with Crippen molar-refractivity contribution in [3.8, 4) is 0 Å². The van der Waals surface area contributed by atoms with E-state index in [0.29, 0.717) is 16.6 Å². The van der Waals surface area contributed by atoms with Crippen LogP contribution in [-0.4, -0.2) is 36.8 Å². The number of hydrogen-bond donors (Lipinski definition) is 2. The first-order valence-corrected chi connectivity index (χ1v) is 6.54.